The van der Waals surface area contributed by atoms with Crippen LogP contribution in [0.3, 0.4) is 0 Å². The van der Waals surface area contributed by atoms with E-state index in [2.05, 4.69) is 5.32 Å². The number of unbranched alkanes of at least 4 members (excludes halogenated alkanes) is 9. The zero-order valence-corrected chi connectivity index (χ0v) is 13.8. The molecule has 3 nitrogen and oxygen atoms in total. The number of carbonyl (C=O) groups is 1. The highest BCUT2D eigenvalue weighted by Crippen LogP contribution is 2.12. The molecule has 0 saturated heterocycles. The number of amides is 1. The summed E-state index contributed by atoms with van der Waals surface area (Å²) in [6, 6.07) is 0. The molecule has 126 valence electrons. The largest absolute Gasteiger partial charge is 0.395 e. The SMILES string of the molecule is [2H]C([2H])(C)C([2H])([2H])CCCCCCCCCCCCC(=O)NCCO. The van der Waals surface area contributed by atoms with E-state index >= 15 is 0 Å². The average Bonchev–Trinajstić information content (AvgIpc) is 2.52. The van der Waals surface area contributed by atoms with Crippen LogP contribution in [0.1, 0.15) is 102 Å². The number of nitrogens with one attached hydrogen (secondary N) is 1. The van der Waals surface area contributed by atoms with Crippen LogP contribution in [0.15, 0.2) is 0 Å². The van der Waals surface area contributed by atoms with E-state index in [1.807, 2.05) is 0 Å². The monoisotopic (exact) mass is 303 g/mol. The summed E-state index contributed by atoms with van der Waals surface area (Å²) in [5, 5.41) is 11.2. The van der Waals surface area contributed by atoms with E-state index in [1.54, 1.807) is 0 Å². The maximum Gasteiger partial charge on any atom is 0.220 e. The number of carbonyl (C=O) groups excluding carboxylic acids is 1. The van der Waals surface area contributed by atoms with Crippen LogP contribution in [0.2, 0.25) is 0 Å². The lowest BCUT2D eigenvalue weighted by atomic mass is 10.0. The fourth-order valence-electron chi connectivity index (χ4n) is 2.32. The molecule has 0 fully saturated rings. The van der Waals surface area contributed by atoms with E-state index in [0.29, 0.717) is 19.4 Å². The first-order valence-electron chi connectivity index (χ1n) is 10.6. The summed E-state index contributed by atoms with van der Waals surface area (Å²) in [7, 11) is 0. The molecule has 0 aliphatic rings. The van der Waals surface area contributed by atoms with Crippen molar-refractivity contribution >= 4 is 5.91 Å². The Kier molecular flexibility index (Phi) is 11.7. The first-order valence-corrected chi connectivity index (χ1v) is 8.58. The molecular weight excluding hydrogens is 262 g/mol. The van der Waals surface area contributed by atoms with Crippen molar-refractivity contribution < 1.29 is 15.4 Å². The summed E-state index contributed by atoms with van der Waals surface area (Å²) in [5.41, 5.74) is 0. The molecule has 0 bridgehead atoms. The standard InChI is InChI=1S/C18H37NO2/c1-2-3-4-5-6-7-8-9-10-11-12-13-14-15-18(21)19-16-17-20/h20H,2-17H2,1H3,(H,19,21)/i2D2,3D2. The highest BCUT2D eigenvalue weighted by atomic mass is 16.3. The summed E-state index contributed by atoms with van der Waals surface area (Å²) in [4.78, 5) is 11.3. The van der Waals surface area contributed by atoms with Gasteiger partial charge in [0.25, 0.3) is 0 Å². The van der Waals surface area contributed by atoms with Gasteiger partial charge < -0.3 is 10.4 Å². The average molecular weight is 304 g/mol. The van der Waals surface area contributed by atoms with Crippen LogP contribution in [0.4, 0.5) is 0 Å². The van der Waals surface area contributed by atoms with Crippen molar-refractivity contribution in [3.8, 4) is 0 Å². The molecule has 0 aliphatic heterocycles. The Hall–Kier alpha value is -0.570. The molecule has 0 radical (unpaired) electrons. The van der Waals surface area contributed by atoms with Gasteiger partial charge in [0.1, 0.15) is 0 Å². The van der Waals surface area contributed by atoms with E-state index in [9.17, 15) is 4.79 Å². The van der Waals surface area contributed by atoms with Gasteiger partial charge in [-0.3, -0.25) is 4.79 Å². The number of aliphatic hydroxyl groups is 1. The zero-order valence-electron chi connectivity index (χ0n) is 17.8. The van der Waals surface area contributed by atoms with E-state index in [4.69, 9.17) is 10.6 Å². The van der Waals surface area contributed by atoms with Gasteiger partial charge in [0.15, 0.2) is 0 Å². The molecule has 0 heterocycles. The third kappa shape index (κ3) is 17.4. The third-order valence-electron chi connectivity index (χ3n) is 3.57. The number of hydrogen-bond donors (Lipinski definition) is 2. The van der Waals surface area contributed by atoms with Crippen LogP contribution < -0.4 is 5.32 Å². The zero-order chi connectivity index (χ0) is 19.2. The smallest absolute Gasteiger partial charge is 0.220 e. The second-order valence-electron chi connectivity index (χ2n) is 5.54. The van der Waals surface area contributed by atoms with Crippen LogP contribution in [0.5, 0.6) is 0 Å². The van der Waals surface area contributed by atoms with Gasteiger partial charge in [-0.05, 0) is 6.42 Å². The minimum Gasteiger partial charge on any atom is -0.395 e. The van der Waals surface area contributed by atoms with E-state index < -0.39 is 12.7 Å². The number of hydrogen-bond acceptors (Lipinski definition) is 2. The quantitative estimate of drug-likeness (QED) is 0.410. The first-order chi connectivity index (χ1) is 11.7. The van der Waals surface area contributed by atoms with Crippen LogP contribution >= 0.6 is 0 Å². The summed E-state index contributed by atoms with van der Waals surface area (Å²) in [5.74, 6) is 0.0228. The predicted molar refractivity (Wildman–Crippen MR) is 90.4 cm³/mol. The van der Waals surface area contributed by atoms with E-state index in [-0.39, 0.29) is 12.5 Å². The van der Waals surface area contributed by atoms with Crippen molar-refractivity contribution in [2.45, 2.75) is 96.7 Å². The lowest BCUT2D eigenvalue weighted by Gasteiger charge is -2.04. The van der Waals surface area contributed by atoms with Gasteiger partial charge >= 0.3 is 0 Å². The number of rotatable bonds is 16. The molecule has 0 aliphatic carbocycles. The minimum absolute atomic E-state index is 0.00727. The maximum absolute atomic E-state index is 11.3. The molecule has 0 unspecified atom stereocenters. The lowest BCUT2D eigenvalue weighted by Crippen LogP contribution is -2.25. The highest BCUT2D eigenvalue weighted by Gasteiger charge is 1.99. The molecule has 0 rings (SSSR count). The molecule has 0 aromatic rings. The van der Waals surface area contributed by atoms with Crippen LogP contribution in [-0.4, -0.2) is 24.2 Å². The first kappa shape index (κ1) is 14.0. The molecule has 2 N–H and O–H groups in total. The minimum atomic E-state index is -1.77. The predicted octanol–water partition coefficient (Wildman–Crippen LogP) is 4.58. The van der Waals surface area contributed by atoms with Crippen molar-refractivity contribution in [3.63, 3.8) is 0 Å². The van der Waals surface area contributed by atoms with Crippen molar-refractivity contribution in [2.75, 3.05) is 13.2 Å². The van der Waals surface area contributed by atoms with Crippen molar-refractivity contribution in [2.24, 2.45) is 0 Å². The fraction of sp³-hybridized carbons (Fsp3) is 0.944. The fourth-order valence-corrected chi connectivity index (χ4v) is 2.32. The Labute approximate surface area is 137 Å². The van der Waals surface area contributed by atoms with Crippen LogP contribution in [-0.2, 0) is 4.79 Å². The molecule has 0 saturated carbocycles. The highest BCUT2D eigenvalue weighted by molar-refractivity contribution is 5.75. The maximum atomic E-state index is 11.3. The lowest BCUT2D eigenvalue weighted by molar-refractivity contribution is -0.121. The topological polar surface area (TPSA) is 49.3 Å². The second kappa shape index (κ2) is 17.5. The summed E-state index contributed by atoms with van der Waals surface area (Å²) in [6.07, 6.45) is 8.02. The third-order valence-corrected chi connectivity index (χ3v) is 3.57. The van der Waals surface area contributed by atoms with Crippen molar-refractivity contribution in [3.05, 3.63) is 0 Å². The normalized spacial score (nSPS) is 15.0. The van der Waals surface area contributed by atoms with Crippen molar-refractivity contribution in [1.82, 2.24) is 5.32 Å². The summed E-state index contributed by atoms with van der Waals surface area (Å²) >= 11 is 0. The Morgan fingerprint density at radius 2 is 1.38 bits per heavy atom. The van der Waals surface area contributed by atoms with Gasteiger partial charge in [-0.1, -0.05) is 83.9 Å². The Morgan fingerprint density at radius 1 is 0.905 bits per heavy atom. The van der Waals surface area contributed by atoms with E-state index in [1.165, 1.54) is 26.2 Å². The van der Waals surface area contributed by atoms with Gasteiger partial charge in [-0.2, -0.15) is 0 Å². The van der Waals surface area contributed by atoms with Crippen LogP contribution in [0.25, 0.3) is 0 Å². The molecule has 21 heavy (non-hydrogen) atoms. The van der Waals surface area contributed by atoms with Gasteiger partial charge in [0.2, 0.25) is 5.91 Å². The Morgan fingerprint density at radius 3 is 1.86 bits per heavy atom. The Balaban J connectivity index is 3.33. The van der Waals surface area contributed by atoms with Crippen molar-refractivity contribution in [1.29, 1.82) is 0 Å². The summed E-state index contributed by atoms with van der Waals surface area (Å²) < 4.78 is 30.4. The summed E-state index contributed by atoms with van der Waals surface area (Å²) in [6.45, 7) is 1.65. The molecule has 1 amide bonds. The van der Waals surface area contributed by atoms with Gasteiger partial charge in [0, 0.05) is 18.4 Å². The van der Waals surface area contributed by atoms with Gasteiger partial charge in [0.05, 0.1) is 6.61 Å². The Bertz CT molecular complexity index is 346. The molecule has 3 heteroatoms. The van der Waals surface area contributed by atoms with E-state index in [0.717, 1.165) is 44.9 Å². The molecular formula is C18H37NO2. The molecule has 0 aromatic carbocycles. The van der Waals surface area contributed by atoms with Gasteiger partial charge in [-0.25, -0.2) is 0 Å². The molecule has 0 aromatic heterocycles. The molecule has 0 spiro atoms. The molecule has 0 atom stereocenters. The van der Waals surface area contributed by atoms with Gasteiger partial charge in [-0.15, -0.1) is 0 Å². The number of aliphatic hydroxyl groups excluding tert-OH is 1. The second-order valence-corrected chi connectivity index (χ2v) is 5.54. The van der Waals surface area contributed by atoms with Crippen LogP contribution in [0, 0.1) is 0 Å².